The molecule has 0 saturated carbocycles. The van der Waals surface area contributed by atoms with Crippen LogP contribution in [0.2, 0.25) is 0 Å². The normalized spacial score (nSPS) is 11.1. The van der Waals surface area contributed by atoms with Crippen molar-refractivity contribution in [1.29, 1.82) is 0 Å². The molecule has 9 heteroatoms. The van der Waals surface area contributed by atoms with Crippen molar-refractivity contribution in [3.05, 3.63) is 11.8 Å². The summed E-state index contributed by atoms with van der Waals surface area (Å²) < 4.78 is 26.4. The molecule has 1 aromatic heterocycles. The summed E-state index contributed by atoms with van der Waals surface area (Å²) in [6.07, 6.45) is 0.870. The van der Waals surface area contributed by atoms with Crippen LogP contribution in [-0.2, 0) is 19.4 Å². The Kier molecular flexibility index (Phi) is 5.04. The van der Waals surface area contributed by atoms with Gasteiger partial charge in [-0.2, -0.15) is 0 Å². The van der Waals surface area contributed by atoms with Crippen LogP contribution >= 0.6 is 0 Å². The van der Waals surface area contributed by atoms with E-state index < -0.39 is 21.7 Å². The molecule has 2 N–H and O–H groups in total. The lowest BCUT2D eigenvalue weighted by atomic mass is 10.4. The fraction of sp³-hybridized carbons (Fsp3) is 0.500. The van der Waals surface area contributed by atoms with Gasteiger partial charge in [0.05, 0.1) is 12.3 Å². The Balaban J connectivity index is 2.28. The highest BCUT2D eigenvalue weighted by Gasteiger charge is 2.10. The van der Waals surface area contributed by atoms with Crippen LogP contribution in [0.5, 0.6) is 0 Å². The van der Waals surface area contributed by atoms with Gasteiger partial charge in [-0.3, -0.25) is 9.59 Å². The van der Waals surface area contributed by atoms with Gasteiger partial charge in [-0.15, -0.1) is 0 Å². The summed E-state index contributed by atoms with van der Waals surface area (Å²) in [6.45, 7) is 1.42. The fourth-order valence-corrected chi connectivity index (χ4v) is 1.71. The zero-order valence-electron chi connectivity index (χ0n) is 10.6. The predicted molar refractivity (Wildman–Crippen MR) is 67.2 cm³/mol. The largest absolute Gasteiger partial charge is 0.360 e. The van der Waals surface area contributed by atoms with Crippen LogP contribution in [0.3, 0.4) is 0 Å². The van der Waals surface area contributed by atoms with Gasteiger partial charge in [-0.05, 0) is 6.92 Å². The molecule has 0 aliphatic rings. The lowest BCUT2D eigenvalue weighted by Crippen LogP contribution is -2.33. The number of hydrogen-bond donors (Lipinski definition) is 2. The molecule has 0 saturated heterocycles. The molecule has 8 nitrogen and oxygen atoms in total. The van der Waals surface area contributed by atoms with E-state index in [1.54, 1.807) is 6.92 Å². The molecular weight excluding hydrogens is 274 g/mol. The minimum atomic E-state index is -3.19. The summed E-state index contributed by atoms with van der Waals surface area (Å²) in [6, 6.07) is 1.53. The van der Waals surface area contributed by atoms with Gasteiger partial charge in [-0.25, -0.2) is 8.42 Å². The number of carbonyl (C=O) groups is 2. The van der Waals surface area contributed by atoms with Gasteiger partial charge in [0.1, 0.15) is 15.6 Å². The minimum absolute atomic E-state index is 0.171. The third-order valence-electron chi connectivity index (χ3n) is 2.04. The van der Waals surface area contributed by atoms with Crippen LogP contribution in [0, 0.1) is 6.92 Å². The lowest BCUT2D eigenvalue weighted by Gasteiger charge is -2.04. The molecule has 1 heterocycles. The van der Waals surface area contributed by atoms with E-state index in [2.05, 4.69) is 15.8 Å². The first-order valence-electron chi connectivity index (χ1n) is 5.44. The maximum absolute atomic E-state index is 11.4. The van der Waals surface area contributed by atoms with Crippen LogP contribution in [0.15, 0.2) is 10.6 Å². The molecule has 106 valence electrons. The van der Waals surface area contributed by atoms with E-state index in [9.17, 15) is 18.0 Å². The summed E-state index contributed by atoms with van der Waals surface area (Å²) in [5, 5.41) is 8.27. The summed E-state index contributed by atoms with van der Waals surface area (Å²) in [4.78, 5) is 22.7. The standard InChI is InChI=1S/C10H15N3O5S/c1-7-5-8(13-18-7)12-10(15)6-11-9(14)3-4-19(2,16)17/h5H,3-4,6H2,1-2H3,(H,11,14)(H,12,13,15). The molecule has 0 atom stereocenters. The van der Waals surface area contributed by atoms with E-state index in [-0.39, 0.29) is 24.5 Å². The molecule has 1 rings (SSSR count). The third-order valence-corrected chi connectivity index (χ3v) is 2.99. The second-order valence-corrected chi connectivity index (χ2v) is 6.29. The van der Waals surface area contributed by atoms with Gasteiger partial charge < -0.3 is 15.2 Å². The first-order chi connectivity index (χ1) is 8.76. The van der Waals surface area contributed by atoms with Crippen molar-refractivity contribution in [2.45, 2.75) is 13.3 Å². The Labute approximate surface area is 110 Å². The number of aromatic nitrogens is 1. The van der Waals surface area contributed by atoms with E-state index in [1.165, 1.54) is 6.07 Å². The number of sulfone groups is 1. The monoisotopic (exact) mass is 289 g/mol. The first kappa shape index (κ1) is 15.2. The van der Waals surface area contributed by atoms with Crippen molar-refractivity contribution >= 4 is 27.5 Å². The molecule has 1 aromatic rings. The topological polar surface area (TPSA) is 118 Å². The van der Waals surface area contributed by atoms with Crippen molar-refractivity contribution in [3.8, 4) is 0 Å². The zero-order valence-corrected chi connectivity index (χ0v) is 11.4. The van der Waals surface area contributed by atoms with Gasteiger partial charge in [0.15, 0.2) is 5.82 Å². The number of hydrogen-bond acceptors (Lipinski definition) is 6. The number of rotatable bonds is 6. The Bertz CT molecular complexity index is 563. The minimum Gasteiger partial charge on any atom is -0.360 e. The highest BCUT2D eigenvalue weighted by molar-refractivity contribution is 7.90. The van der Waals surface area contributed by atoms with E-state index in [0.717, 1.165) is 6.26 Å². The summed E-state index contributed by atoms with van der Waals surface area (Å²) >= 11 is 0. The second-order valence-electron chi connectivity index (χ2n) is 4.03. The molecule has 0 aliphatic heterocycles. The molecular formula is C10H15N3O5S. The van der Waals surface area contributed by atoms with Gasteiger partial charge in [0.25, 0.3) is 0 Å². The highest BCUT2D eigenvalue weighted by atomic mass is 32.2. The molecule has 0 aromatic carbocycles. The summed E-state index contributed by atoms with van der Waals surface area (Å²) in [5.41, 5.74) is 0. The van der Waals surface area contributed by atoms with Crippen LogP contribution in [0.25, 0.3) is 0 Å². The first-order valence-corrected chi connectivity index (χ1v) is 7.50. The van der Waals surface area contributed by atoms with Crippen molar-refractivity contribution < 1.29 is 22.5 Å². The molecule has 0 spiro atoms. The van der Waals surface area contributed by atoms with Crippen molar-refractivity contribution in [1.82, 2.24) is 10.5 Å². The van der Waals surface area contributed by atoms with Crippen LogP contribution < -0.4 is 10.6 Å². The molecule has 19 heavy (non-hydrogen) atoms. The maximum atomic E-state index is 11.4. The van der Waals surface area contributed by atoms with Crippen LogP contribution in [0.4, 0.5) is 5.82 Å². The zero-order chi connectivity index (χ0) is 14.5. The Morgan fingerprint density at radius 3 is 2.58 bits per heavy atom. The molecule has 2 amide bonds. The van der Waals surface area contributed by atoms with Gasteiger partial charge >= 0.3 is 0 Å². The van der Waals surface area contributed by atoms with Crippen molar-refractivity contribution in [2.75, 3.05) is 23.9 Å². The van der Waals surface area contributed by atoms with E-state index in [0.29, 0.717) is 5.76 Å². The number of carbonyl (C=O) groups excluding carboxylic acids is 2. The molecule has 0 unspecified atom stereocenters. The van der Waals surface area contributed by atoms with Crippen LogP contribution in [-0.4, -0.2) is 43.9 Å². The quantitative estimate of drug-likeness (QED) is 0.727. The maximum Gasteiger partial charge on any atom is 0.245 e. The number of nitrogens with one attached hydrogen (secondary N) is 2. The van der Waals surface area contributed by atoms with E-state index in [4.69, 9.17) is 4.52 Å². The van der Waals surface area contributed by atoms with Crippen LogP contribution in [0.1, 0.15) is 12.2 Å². The Morgan fingerprint density at radius 1 is 1.37 bits per heavy atom. The number of aryl methyl sites for hydroxylation is 1. The number of amides is 2. The van der Waals surface area contributed by atoms with Gasteiger partial charge in [-0.1, -0.05) is 5.16 Å². The smallest absolute Gasteiger partial charge is 0.245 e. The SMILES string of the molecule is Cc1cc(NC(=O)CNC(=O)CCS(C)(=O)=O)no1. The summed E-state index contributed by atoms with van der Waals surface area (Å²) in [5.74, 6) is -0.415. The van der Waals surface area contributed by atoms with Gasteiger partial charge in [0.2, 0.25) is 11.8 Å². The Morgan fingerprint density at radius 2 is 2.05 bits per heavy atom. The number of anilines is 1. The van der Waals surface area contributed by atoms with Gasteiger partial charge in [0, 0.05) is 18.7 Å². The lowest BCUT2D eigenvalue weighted by molar-refractivity contribution is -0.123. The average molecular weight is 289 g/mol. The van der Waals surface area contributed by atoms with E-state index >= 15 is 0 Å². The molecule has 0 aliphatic carbocycles. The summed E-state index contributed by atoms with van der Waals surface area (Å²) in [7, 11) is -3.19. The molecule has 0 radical (unpaired) electrons. The van der Waals surface area contributed by atoms with E-state index in [1.807, 2.05) is 0 Å². The van der Waals surface area contributed by atoms with Crippen molar-refractivity contribution in [2.24, 2.45) is 0 Å². The molecule has 0 fully saturated rings. The number of nitrogens with zero attached hydrogens (tertiary/aromatic N) is 1. The average Bonchev–Trinajstić information content (AvgIpc) is 2.68. The Hall–Kier alpha value is -1.90. The fourth-order valence-electron chi connectivity index (χ4n) is 1.16. The third kappa shape index (κ3) is 6.55. The molecule has 0 bridgehead atoms. The predicted octanol–water partition coefficient (Wildman–Crippen LogP) is -0.528. The highest BCUT2D eigenvalue weighted by Crippen LogP contribution is 2.06. The van der Waals surface area contributed by atoms with Crippen molar-refractivity contribution in [3.63, 3.8) is 0 Å². The second kappa shape index (κ2) is 6.32.